The fourth-order valence-corrected chi connectivity index (χ4v) is 2.19. The Labute approximate surface area is 78.4 Å². The van der Waals surface area contributed by atoms with Crippen LogP contribution in [0, 0.1) is 0 Å². The molecule has 0 radical (unpaired) electrons. The van der Waals surface area contributed by atoms with Crippen LogP contribution in [0.2, 0.25) is 0 Å². The summed E-state index contributed by atoms with van der Waals surface area (Å²) in [6.07, 6.45) is 3.55. The summed E-state index contributed by atoms with van der Waals surface area (Å²) < 4.78 is 1.11. The van der Waals surface area contributed by atoms with Gasteiger partial charge in [-0.3, -0.25) is 4.98 Å². The zero-order valence-corrected chi connectivity index (χ0v) is 7.45. The summed E-state index contributed by atoms with van der Waals surface area (Å²) in [7, 11) is 0. The molecule has 13 heavy (non-hydrogen) atoms. The van der Waals surface area contributed by atoms with Crippen LogP contribution in [0.1, 0.15) is 0 Å². The van der Waals surface area contributed by atoms with Gasteiger partial charge in [-0.25, -0.2) is 0 Å². The Morgan fingerprint density at radius 2 is 2.23 bits per heavy atom. The van der Waals surface area contributed by atoms with E-state index in [-0.39, 0.29) is 0 Å². The highest BCUT2D eigenvalue weighted by Crippen LogP contribution is 2.29. The Hall–Kier alpha value is -1.55. The Morgan fingerprint density at radius 3 is 3.23 bits per heavy atom. The largest absolute Gasteiger partial charge is 0.255 e. The molecule has 4 heteroatoms. The first-order valence-corrected chi connectivity index (χ1v) is 4.77. The van der Waals surface area contributed by atoms with Crippen molar-refractivity contribution in [2.75, 3.05) is 0 Å². The lowest BCUT2D eigenvalue weighted by molar-refractivity contribution is 1.11. The van der Waals surface area contributed by atoms with Gasteiger partial charge in [0.25, 0.3) is 0 Å². The molecule has 62 valence electrons. The average molecular weight is 187 g/mol. The molecule has 1 aromatic heterocycles. The topological polar surface area (TPSA) is 38.7 Å². The number of hydrogen-bond donors (Lipinski definition) is 0. The summed E-state index contributed by atoms with van der Waals surface area (Å²) in [5.74, 6) is 0. The monoisotopic (exact) mass is 187 g/mol. The Morgan fingerprint density at radius 1 is 1.23 bits per heavy atom. The molecule has 0 amide bonds. The van der Waals surface area contributed by atoms with Gasteiger partial charge in [0.05, 0.1) is 16.4 Å². The quantitative estimate of drug-likeness (QED) is 0.541. The molecule has 0 bridgehead atoms. The van der Waals surface area contributed by atoms with Gasteiger partial charge in [-0.05, 0) is 17.5 Å². The summed E-state index contributed by atoms with van der Waals surface area (Å²) >= 11 is 1.65. The lowest BCUT2D eigenvalue weighted by atomic mass is 10.2. The highest BCUT2D eigenvalue weighted by atomic mass is 32.1. The van der Waals surface area contributed by atoms with Crippen molar-refractivity contribution in [2.45, 2.75) is 0 Å². The molecule has 0 saturated carbocycles. The van der Waals surface area contributed by atoms with Gasteiger partial charge in [-0.15, -0.1) is 16.4 Å². The van der Waals surface area contributed by atoms with Crippen molar-refractivity contribution in [3.05, 3.63) is 29.9 Å². The minimum absolute atomic E-state index is 0.947. The first kappa shape index (κ1) is 6.91. The van der Waals surface area contributed by atoms with Crippen molar-refractivity contribution in [3.8, 4) is 11.3 Å². The number of hydrogen-bond acceptors (Lipinski definition) is 4. The molecule has 0 N–H and O–H groups in total. The van der Waals surface area contributed by atoms with Crippen LogP contribution in [-0.2, 0) is 0 Å². The van der Waals surface area contributed by atoms with Gasteiger partial charge < -0.3 is 0 Å². The second kappa shape index (κ2) is 2.47. The molecule has 2 aliphatic rings. The number of nitrogens with zero attached hydrogens (tertiary/aromatic N) is 3. The highest BCUT2D eigenvalue weighted by molar-refractivity contribution is 7.17. The van der Waals surface area contributed by atoms with E-state index in [1.54, 1.807) is 23.7 Å². The first-order valence-electron chi connectivity index (χ1n) is 3.89. The average Bonchev–Trinajstić information content (AvgIpc) is 2.72. The van der Waals surface area contributed by atoms with E-state index in [2.05, 4.69) is 15.2 Å². The van der Waals surface area contributed by atoms with Crippen molar-refractivity contribution in [2.24, 2.45) is 0 Å². The molecule has 0 fully saturated rings. The molecular formula is C9H5N3S. The molecule has 2 aliphatic heterocycles. The van der Waals surface area contributed by atoms with Crippen molar-refractivity contribution in [1.82, 2.24) is 15.2 Å². The molecular weight excluding hydrogens is 182 g/mol. The first-order chi connectivity index (χ1) is 6.45. The zero-order valence-electron chi connectivity index (χ0n) is 6.64. The third-order valence-electron chi connectivity index (χ3n) is 1.96. The standard InChI is InChI=1S/C9H5N3S/c1-3-10-7-2-4-13-9(7)8-6(1)5-11-12-8/h1-5H. The summed E-state index contributed by atoms with van der Waals surface area (Å²) in [5.41, 5.74) is 2.98. The number of rotatable bonds is 0. The minimum atomic E-state index is 0.947. The van der Waals surface area contributed by atoms with Crippen LogP contribution in [-0.4, -0.2) is 15.2 Å². The predicted octanol–water partition coefficient (Wildman–Crippen LogP) is 2.19. The van der Waals surface area contributed by atoms with Crippen molar-refractivity contribution in [1.29, 1.82) is 0 Å². The maximum Gasteiger partial charge on any atom is 0.114 e. The maximum atomic E-state index is 4.30. The van der Waals surface area contributed by atoms with E-state index in [0.717, 1.165) is 21.5 Å². The molecule has 0 saturated heterocycles. The van der Waals surface area contributed by atoms with Gasteiger partial charge in [0.15, 0.2) is 0 Å². The molecule has 0 aromatic carbocycles. The van der Waals surface area contributed by atoms with Crippen molar-refractivity contribution in [3.63, 3.8) is 0 Å². The van der Waals surface area contributed by atoms with Crippen LogP contribution in [0.25, 0.3) is 21.5 Å². The van der Waals surface area contributed by atoms with Crippen molar-refractivity contribution < 1.29 is 0 Å². The SMILES string of the molecule is c1cc2cnnc-2c2sccc2n1. The van der Waals surface area contributed by atoms with E-state index in [1.165, 1.54) is 0 Å². The number of fused-ring (bicyclic) bond motifs is 3. The Bertz CT molecular complexity index is 531. The van der Waals surface area contributed by atoms with Gasteiger partial charge in [0.1, 0.15) is 5.69 Å². The fourth-order valence-electron chi connectivity index (χ4n) is 1.35. The summed E-state index contributed by atoms with van der Waals surface area (Å²) in [4.78, 5) is 4.30. The van der Waals surface area contributed by atoms with Crippen LogP contribution >= 0.6 is 11.3 Å². The van der Waals surface area contributed by atoms with Gasteiger partial charge in [-0.2, -0.15) is 5.10 Å². The number of thiophene rings is 1. The third kappa shape index (κ3) is 0.922. The molecule has 0 unspecified atom stereocenters. The zero-order chi connectivity index (χ0) is 8.67. The van der Waals surface area contributed by atoms with Gasteiger partial charge in [0, 0.05) is 11.8 Å². The normalized spacial score (nSPS) is 11.1. The van der Waals surface area contributed by atoms with E-state index in [1.807, 2.05) is 17.5 Å². The molecule has 1 aromatic rings. The van der Waals surface area contributed by atoms with Crippen LogP contribution in [0.5, 0.6) is 0 Å². The van der Waals surface area contributed by atoms with Crippen LogP contribution in [0.4, 0.5) is 0 Å². The van der Waals surface area contributed by atoms with Crippen LogP contribution in [0.15, 0.2) is 29.9 Å². The number of aromatic nitrogens is 3. The molecule has 3 heterocycles. The van der Waals surface area contributed by atoms with Gasteiger partial charge in [-0.1, -0.05) is 0 Å². The summed E-state index contributed by atoms with van der Waals surface area (Å²) in [5, 5.41) is 9.99. The lowest BCUT2D eigenvalue weighted by Crippen LogP contribution is -1.70. The smallest absolute Gasteiger partial charge is 0.114 e. The van der Waals surface area contributed by atoms with E-state index < -0.39 is 0 Å². The van der Waals surface area contributed by atoms with E-state index >= 15 is 0 Å². The van der Waals surface area contributed by atoms with Gasteiger partial charge >= 0.3 is 0 Å². The third-order valence-corrected chi connectivity index (χ3v) is 2.87. The summed E-state index contributed by atoms with van der Waals surface area (Å²) in [6, 6.07) is 3.93. The molecule has 3 nitrogen and oxygen atoms in total. The highest BCUT2D eigenvalue weighted by Gasteiger charge is 2.08. The van der Waals surface area contributed by atoms with E-state index in [9.17, 15) is 0 Å². The van der Waals surface area contributed by atoms with E-state index in [0.29, 0.717) is 0 Å². The second-order valence-electron chi connectivity index (χ2n) is 2.73. The molecule has 0 atom stereocenters. The predicted molar refractivity (Wildman–Crippen MR) is 51.8 cm³/mol. The molecule has 0 aliphatic carbocycles. The lowest BCUT2D eigenvalue weighted by Gasteiger charge is -1.85. The minimum Gasteiger partial charge on any atom is -0.255 e. The van der Waals surface area contributed by atoms with E-state index in [4.69, 9.17) is 0 Å². The Balaban J connectivity index is 2.58. The van der Waals surface area contributed by atoms with Crippen LogP contribution < -0.4 is 0 Å². The molecule has 3 rings (SSSR count). The fraction of sp³-hybridized carbons (Fsp3) is 0. The summed E-state index contributed by atoms with van der Waals surface area (Å²) in [6.45, 7) is 0. The Kier molecular flexibility index (Phi) is 1.31. The van der Waals surface area contributed by atoms with Crippen LogP contribution in [0.3, 0.4) is 0 Å². The van der Waals surface area contributed by atoms with Crippen molar-refractivity contribution >= 4 is 21.6 Å². The molecule has 0 spiro atoms. The second-order valence-corrected chi connectivity index (χ2v) is 3.64. The van der Waals surface area contributed by atoms with Gasteiger partial charge in [0.2, 0.25) is 0 Å². The maximum absolute atomic E-state index is 4.30.